The monoisotopic (exact) mass is 295 g/mol. The number of halogens is 1. The van der Waals surface area contributed by atoms with Crippen molar-refractivity contribution in [3.05, 3.63) is 39.6 Å². The van der Waals surface area contributed by atoms with E-state index in [1.54, 1.807) is 6.20 Å². The number of nitrogens with one attached hydrogen (secondary N) is 1. The smallest absolute Gasteiger partial charge is 0.213 e. The Kier molecular flexibility index (Phi) is 3.47. The first kappa shape index (κ1) is 12.1. The summed E-state index contributed by atoms with van der Waals surface area (Å²) in [6.45, 7) is 6.40. The Morgan fingerprint density at radius 3 is 2.71 bits per heavy atom. The molecule has 0 unspecified atom stereocenters. The van der Waals surface area contributed by atoms with Crippen LogP contribution in [0.5, 0.6) is 0 Å². The van der Waals surface area contributed by atoms with Crippen LogP contribution in [0.1, 0.15) is 22.9 Å². The van der Waals surface area contributed by atoms with Crippen molar-refractivity contribution in [2.45, 2.75) is 27.3 Å². The van der Waals surface area contributed by atoms with Crippen LogP contribution in [0.2, 0.25) is 0 Å². The van der Waals surface area contributed by atoms with Gasteiger partial charge < -0.3 is 9.73 Å². The zero-order chi connectivity index (χ0) is 12.4. The minimum Gasteiger partial charge on any atom is -0.444 e. The normalized spacial score (nSPS) is 10.6. The third-order valence-corrected chi connectivity index (χ3v) is 2.96. The number of hydrogen-bond acceptors (Lipinski definition) is 4. The highest BCUT2D eigenvalue weighted by molar-refractivity contribution is 9.10. The van der Waals surface area contributed by atoms with E-state index in [9.17, 15) is 0 Å². The first-order valence-corrected chi connectivity index (χ1v) is 6.14. The van der Waals surface area contributed by atoms with Gasteiger partial charge >= 0.3 is 0 Å². The maximum absolute atomic E-state index is 5.49. The van der Waals surface area contributed by atoms with E-state index >= 15 is 0 Å². The summed E-state index contributed by atoms with van der Waals surface area (Å²) in [4.78, 5) is 8.60. The number of anilines is 1. The average molecular weight is 296 g/mol. The van der Waals surface area contributed by atoms with Gasteiger partial charge in [-0.15, -0.1) is 0 Å². The van der Waals surface area contributed by atoms with Crippen molar-refractivity contribution in [1.29, 1.82) is 0 Å². The van der Waals surface area contributed by atoms with Crippen molar-refractivity contribution < 1.29 is 4.42 Å². The molecule has 0 spiro atoms. The predicted octanol–water partition coefficient (Wildman–Crippen LogP) is 3.37. The van der Waals surface area contributed by atoms with Gasteiger partial charge in [0.05, 0.1) is 12.2 Å². The molecular formula is C12H14BrN3O. The molecule has 2 aromatic rings. The van der Waals surface area contributed by atoms with E-state index in [2.05, 4.69) is 31.2 Å². The molecule has 2 rings (SSSR count). The van der Waals surface area contributed by atoms with Crippen LogP contribution >= 0.6 is 15.9 Å². The summed E-state index contributed by atoms with van der Waals surface area (Å²) in [6, 6.07) is 2.02. The van der Waals surface area contributed by atoms with E-state index in [1.165, 1.54) is 0 Å². The molecule has 0 saturated carbocycles. The van der Waals surface area contributed by atoms with E-state index in [0.29, 0.717) is 12.4 Å². The predicted molar refractivity (Wildman–Crippen MR) is 70.0 cm³/mol. The Morgan fingerprint density at radius 1 is 1.35 bits per heavy atom. The number of rotatable bonds is 3. The van der Waals surface area contributed by atoms with Crippen molar-refractivity contribution in [3.63, 3.8) is 0 Å². The van der Waals surface area contributed by atoms with E-state index in [-0.39, 0.29) is 0 Å². The van der Waals surface area contributed by atoms with Gasteiger partial charge in [0.15, 0.2) is 0 Å². The van der Waals surface area contributed by atoms with E-state index < -0.39 is 0 Å². The Balaban J connectivity index is 2.07. The number of aromatic nitrogens is 2. The van der Waals surface area contributed by atoms with Crippen LogP contribution in [-0.4, -0.2) is 9.97 Å². The molecule has 0 bridgehead atoms. The molecule has 0 aliphatic carbocycles. The fraction of sp³-hybridized carbons (Fsp3) is 0.333. The topological polar surface area (TPSA) is 51.0 Å². The minimum atomic E-state index is 0.546. The highest BCUT2D eigenvalue weighted by Gasteiger charge is 2.06. The molecule has 0 aliphatic heterocycles. The van der Waals surface area contributed by atoms with E-state index in [1.807, 2.05) is 26.8 Å². The van der Waals surface area contributed by atoms with Crippen LogP contribution in [-0.2, 0) is 6.54 Å². The summed E-state index contributed by atoms with van der Waals surface area (Å²) in [5.41, 5.74) is 2.02. The largest absolute Gasteiger partial charge is 0.444 e. The molecule has 0 radical (unpaired) electrons. The summed E-state index contributed by atoms with van der Waals surface area (Å²) in [7, 11) is 0. The molecule has 4 nitrogen and oxygen atoms in total. The summed E-state index contributed by atoms with van der Waals surface area (Å²) < 4.78 is 6.46. The molecule has 0 saturated heterocycles. The van der Waals surface area contributed by atoms with Gasteiger partial charge in [-0.3, -0.25) is 0 Å². The minimum absolute atomic E-state index is 0.546. The average Bonchev–Trinajstić information content (AvgIpc) is 2.57. The molecule has 0 aliphatic rings. The summed E-state index contributed by atoms with van der Waals surface area (Å²) in [5.74, 6) is 2.40. The zero-order valence-corrected chi connectivity index (χ0v) is 11.6. The molecule has 1 N–H and O–H groups in total. The van der Waals surface area contributed by atoms with Crippen molar-refractivity contribution >= 4 is 21.7 Å². The molecule has 90 valence electrons. The lowest BCUT2D eigenvalue weighted by Crippen LogP contribution is -2.03. The lowest BCUT2D eigenvalue weighted by Gasteiger charge is -2.06. The van der Waals surface area contributed by atoms with E-state index in [0.717, 1.165) is 27.3 Å². The van der Waals surface area contributed by atoms with Gasteiger partial charge in [-0.1, -0.05) is 0 Å². The van der Waals surface area contributed by atoms with Gasteiger partial charge in [0, 0.05) is 10.7 Å². The summed E-state index contributed by atoms with van der Waals surface area (Å²) in [6.07, 6.45) is 1.77. The molecule has 2 aromatic heterocycles. The standard InChI is InChI=1S/C12H14BrN3O/c1-7-4-10(13)5-14-12(7)15-6-11-16-8(2)9(3)17-11/h4-5H,6H2,1-3H3,(H,14,15). The number of pyridine rings is 1. The van der Waals surface area contributed by atoms with Gasteiger partial charge in [0.25, 0.3) is 0 Å². The van der Waals surface area contributed by atoms with Crippen molar-refractivity contribution in [2.24, 2.45) is 0 Å². The number of oxazole rings is 1. The van der Waals surface area contributed by atoms with Crippen LogP contribution in [0.25, 0.3) is 0 Å². The highest BCUT2D eigenvalue weighted by Crippen LogP contribution is 2.17. The van der Waals surface area contributed by atoms with Crippen LogP contribution in [0.4, 0.5) is 5.82 Å². The zero-order valence-electron chi connectivity index (χ0n) is 10.0. The molecule has 0 amide bonds. The van der Waals surface area contributed by atoms with Crippen molar-refractivity contribution in [2.75, 3.05) is 5.32 Å². The molecule has 0 aromatic carbocycles. The quantitative estimate of drug-likeness (QED) is 0.943. The number of aryl methyl sites for hydroxylation is 3. The molecule has 0 atom stereocenters. The Hall–Kier alpha value is -1.36. The third-order valence-electron chi connectivity index (χ3n) is 2.52. The first-order chi connectivity index (χ1) is 8.06. The van der Waals surface area contributed by atoms with Crippen molar-refractivity contribution in [3.8, 4) is 0 Å². The first-order valence-electron chi connectivity index (χ1n) is 5.35. The lowest BCUT2D eigenvalue weighted by atomic mass is 10.3. The van der Waals surface area contributed by atoms with Gasteiger partial charge in [-0.05, 0) is 48.3 Å². The Labute approximate surface area is 109 Å². The van der Waals surface area contributed by atoms with Gasteiger partial charge in [0.2, 0.25) is 5.89 Å². The molecule has 5 heteroatoms. The fourth-order valence-electron chi connectivity index (χ4n) is 1.50. The molecule has 0 fully saturated rings. The number of nitrogens with zero attached hydrogens (tertiary/aromatic N) is 2. The Bertz CT molecular complexity index is 517. The SMILES string of the molecule is Cc1cc(Br)cnc1NCc1nc(C)c(C)o1. The van der Waals surface area contributed by atoms with Crippen LogP contribution in [0.15, 0.2) is 21.2 Å². The van der Waals surface area contributed by atoms with Crippen LogP contribution in [0, 0.1) is 20.8 Å². The van der Waals surface area contributed by atoms with E-state index in [4.69, 9.17) is 4.42 Å². The van der Waals surface area contributed by atoms with Crippen LogP contribution in [0.3, 0.4) is 0 Å². The summed E-state index contributed by atoms with van der Waals surface area (Å²) in [5, 5.41) is 3.21. The molecular weight excluding hydrogens is 282 g/mol. The molecule has 17 heavy (non-hydrogen) atoms. The van der Waals surface area contributed by atoms with Gasteiger partial charge in [-0.2, -0.15) is 0 Å². The second kappa shape index (κ2) is 4.87. The van der Waals surface area contributed by atoms with Gasteiger partial charge in [0.1, 0.15) is 11.6 Å². The van der Waals surface area contributed by atoms with Gasteiger partial charge in [-0.25, -0.2) is 9.97 Å². The summed E-state index contributed by atoms with van der Waals surface area (Å²) >= 11 is 3.38. The number of hydrogen-bond donors (Lipinski definition) is 1. The second-order valence-corrected chi connectivity index (χ2v) is 4.84. The highest BCUT2D eigenvalue weighted by atomic mass is 79.9. The maximum atomic E-state index is 5.49. The third kappa shape index (κ3) is 2.85. The lowest BCUT2D eigenvalue weighted by molar-refractivity contribution is 0.478. The maximum Gasteiger partial charge on any atom is 0.213 e. The second-order valence-electron chi connectivity index (χ2n) is 3.92. The Morgan fingerprint density at radius 2 is 2.12 bits per heavy atom. The fourth-order valence-corrected chi connectivity index (χ4v) is 1.95. The van der Waals surface area contributed by atoms with Crippen LogP contribution < -0.4 is 5.32 Å². The molecule has 2 heterocycles. The van der Waals surface area contributed by atoms with Crippen molar-refractivity contribution in [1.82, 2.24) is 9.97 Å².